The molecule has 0 atom stereocenters. The minimum absolute atomic E-state index is 0.0115. The standard InChI is InChI=1S/C10H17NO2/c1-9(2)6-5-7(8(12)13)10(3,4)11-9/h5,11H,6H2,1-4H3,(H,12,13). The van der Waals surface area contributed by atoms with E-state index >= 15 is 0 Å². The van der Waals surface area contributed by atoms with Gasteiger partial charge in [-0.15, -0.1) is 0 Å². The van der Waals surface area contributed by atoms with Crippen LogP contribution >= 0.6 is 0 Å². The van der Waals surface area contributed by atoms with Gasteiger partial charge in [-0.25, -0.2) is 4.79 Å². The van der Waals surface area contributed by atoms with Crippen LogP contribution in [-0.4, -0.2) is 22.2 Å². The van der Waals surface area contributed by atoms with E-state index in [-0.39, 0.29) is 5.54 Å². The molecule has 1 aliphatic heterocycles. The van der Waals surface area contributed by atoms with Crippen molar-refractivity contribution in [1.29, 1.82) is 0 Å². The van der Waals surface area contributed by atoms with Crippen LogP contribution in [0.3, 0.4) is 0 Å². The van der Waals surface area contributed by atoms with Crippen molar-refractivity contribution in [2.75, 3.05) is 0 Å². The Labute approximate surface area is 78.8 Å². The molecule has 1 aliphatic rings. The van der Waals surface area contributed by atoms with Gasteiger partial charge in [0.2, 0.25) is 0 Å². The van der Waals surface area contributed by atoms with E-state index in [9.17, 15) is 4.79 Å². The largest absolute Gasteiger partial charge is 0.478 e. The normalized spacial score (nSPS) is 25.1. The highest BCUT2D eigenvalue weighted by molar-refractivity contribution is 5.89. The lowest BCUT2D eigenvalue weighted by Crippen LogP contribution is -2.56. The summed E-state index contributed by atoms with van der Waals surface area (Å²) in [4.78, 5) is 10.9. The molecule has 1 rings (SSSR count). The fourth-order valence-electron chi connectivity index (χ4n) is 1.93. The van der Waals surface area contributed by atoms with Crippen LogP contribution < -0.4 is 5.32 Å². The average Bonchev–Trinajstić information content (AvgIpc) is 1.79. The van der Waals surface area contributed by atoms with Gasteiger partial charge in [0.25, 0.3) is 0 Å². The monoisotopic (exact) mass is 183 g/mol. The predicted octanol–water partition coefficient (Wildman–Crippen LogP) is 1.55. The van der Waals surface area contributed by atoms with Crippen LogP contribution in [0.2, 0.25) is 0 Å². The van der Waals surface area contributed by atoms with E-state index in [4.69, 9.17) is 5.11 Å². The fraction of sp³-hybridized carbons (Fsp3) is 0.700. The molecule has 0 aromatic rings. The molecule has 0 aromatic heterocycles. The van der Waals surface area contributed by atoms with Crippen LogP contribution in [0.1, 0.15) is 34.1 Å². The highest BCUT2D eigenvalue weighted by Gasteiger charge is 2.37. The molecule has 3 nitrogen and oxygen atoms in total. The van der Waals surface area contributed by atoms with Crippen molar-refractivity contribution in [3.8, 4) is 0 Å². The van der Waals surface area contributed by atoms with E-state index in [1.165, 1.54) is 0 Å². The highest BCUT2D eigenvalue weighted by atomic mass is 16.4. The number of carboxylic acids is 1. The van der Waals surface area contributed by atoms with E-state index in [1.54, 1.807) is 0 Å². The maximum absolute atomic E-state index is 10.9. The van der Waals surface area contributed by atoms with Gasteiger partial charge in [-0.1, -0.05) is 6.08 Å². The van der Waals surface area contributed by atoms with Crippen molar-refractivity contribution in [3.05, 3.63) is 11.6 Å². The number of aliphatic carboxylic acids is 1. The number of hydrogen-bond donors (Lipinski definition) is 2. The van der Waals surface area contributed by atoms with E-state index in [0.717, 1.165) is 6.42 Å². The van der Waals surface area contributed by atoms with Crippen molar-refractivity contribution in [1.82, 2.24) is 5.32 Å². The second-order valence-corrected chi connectivity index (χ2v) is 4.76. The van der Waals surface area contributed by atoms with Gasteiger partial charge in [-0.3, -0.25) is 0 Å². The Morgan fingerprint density at radius 2 is 2.00 bits per heavy atom. The summed E-state index contributed by atoms with van der Waals surface area (Å²) in [5, 5.41) is 12.3. The Bertz CT molecular complexity index is 264. The molecule has 0 bridgehead atoms. The van der Waals surface area contributed by atoms with Crippen molar-refractivity contribution in [2.24, 2.45) is 0 Å². The zero-order chi connectivity index (χ0) is 10.3. The van der Waals surface area contributed by atoms with Gasteiger partial charge in [-0.2, -0.15) is 0 Å². The lowest BCUT2D eigenvalue weighted by atomic mass is 9.82. The summed E-state index contributed by atoms with van der Waals surface area (Å²) in [6.45, 7) is 7.94. The SMILES string of the molecule is CC1(C)CC=C(C(=O)O)C(C)(C)N1. The minimum atomic E-state index is -0.826. The maximum Gasteiger partial charge on any atom is 0.333 e. The molecule has 0 saturated heterocycles. The molecule has 0 aromatic carbocycles. The highest BCUT2D eigenvalue weighted by Crippen LogP contribution is 2.28. The molecule has 0 spiro atoms. The van der Waals surface area contributed by atoms with Gasteiger partial charge in [0.05, 0.1) is 5.57 Å². The predicted molar refractivity (Wildman–Crippen MR) is 51.6 cm³/mol. The van der Waals surface area contributed by atoms with Gasteiger partial charge >= 0.3 is 5.97 Å². The van der Waals surface area contributed by atoms with Gasteiger partial charge in [0, 0.05) is 11.1 Å². The van der Waals surface area contributed by atoms with Gasteiger partial charge in [0.1, 0.15) is 0 Å². The molecular weight excluding hydrogens is 166 g/mol. The molecule has 0 amide bonds. The van der Waals surface area contributed by atoms with Crippen LogP contribution in [0.15, 0.2) is 11.6 Å². The number of carbonyl (C=O) groups is 1. The first-order valence-corrected chi connectivity index (χ1v) is 4.48. The molecule has 74 valence electrons. The molecule has 0 saturated carbocycles. The third kappa shape index (κ3) is 2.10. The van der Waals surface area contributed by atoms with Gasteiger partial charge < -0.3 is 10.4 Å². The van der Waals surface area contributed by atoms with Crippen molar-refractivity contribution in [2.45, 2.75) is 45.2 Å². The summed E-state index contributed by atoms with van der Waals surface area (Å²) in [5.74, 6) is -0.826. The van der Waals surface area contributed by atoms with Crippen molar-refractivity contribution < 1.29 is 9.90 Å². The zero-order valence-electron chi connectivity index (χ0n) is 8.64. The van der Waals surface area contributed by atoms with E-state index < -0.39 is 11.5 Å². The summed E-state index contributed by atoms with van der Waals surface area (Å²) >= 11 is 0. The van der Waals surface area contributed by atoms with Crippen molar-refractivity contribution in [3.63, 3.8) is 0 Å². The topological polar surface area (TPSA) is 49.3 Å². The summed E-state index contributed by atoms with van der Waals surface area (Å²) in [6.07, 6.45) is 2.58. The lowest BCUT2D eigenvalue weighted by molar-refractivity contribution is -0.133. The second kappa shape index (κ2) is 2.84. The molecule has 0 radical (unpaired) electrons. The maximum atomic E-state index is 10.9. The Kier molecular flexibility index (Phi) is 2.24. The van der Waals surface area contributed by atoms with Crippen LogP contribution in [0, 0.1) is 0 Å². The number of carboxylic acid groups (broad SMARTS) is 1. The Hall–Kier alpha value is -0.830. The van der Waals surface area contributed by atoms with E-state index in [1.807, 2.05) is 19.9 Å². The third-order valence-electron chi connectivity index (χ3n) is 2.37. The fourth-order valence-corrected chi connectivity index (χ4v) is 1.93. The van der Waals surface area contributed by atoms with Gasteiger partial charge in [-0.05, 0) is 34.1 Å². The molecule has 0 fully saturated rings. The first-order chi connectivity index (χ1) is 5.75. The number of hydrogen-bond acceptors (Lipinski definition) is 2. The molecule has 13 heavy (non-hydrogen) atoms. The summed E-state index contributed by atoms with van der Waals surface area (Å²) < 4.78 is 0. The number of nitrogens with one attached hydrogen (secondary N) is 1. The van der Waals surface area contributed by atoms with E-state index in [2.05, 4.69) is 19.2 Å². The van der Waals surface area contributed by atoms with Crippen LogP contribution in [0.25, 0.3) is 0 Å². The molecule has 2 N–H and O–H groups in total. The Morgan fingerprint density at radius 1 is 1.46 bits per heavy atom. The smallest absolute Gasteiger partial charge is 0.333 e. The minimum Gasteiger partial charge on any atom is -0.478 e. The molecule has 1 heterocycles. The molecule has 0 unspecified atom stereocenters. The second-order valence-electron chi connectivity index (χ2n) is 4.76. The zero-order valence-corrected chi connectivity index (χ0v) is 8.64. The van der Waals surface area contributed by atoms with Crippen LogP contribution in [0.5, 0.6) is 0 Å². The molecule has 0 aliphatic carbocycles. The van der Waals surface area contributed by atoms with Crippen molar-refractivity contribution >= 4 is 5.97 Å². The third-order valence-corrected chi connectivity index (χ3v) is 2.37. The first-order valence-electron chi connectivity index (χ1n) is 4.48. The Morgan fingerprint density at radius 3 is 2.38 bits per heavy atom. The van der Waals surface area contributed by atoms with Crippen LogP contribution in [-0.2, 0) is 4.79 Å². The lowest BCUT2D eigenvalue weighted by Gasteiger charge is -2.41. The first kappa shape index (κ1) is 10.3. The summed E-state index contributed by atoms with van der Waals surface area (Å²) in [6, 6.07) is 0. The average molecular weight is 183 g/mol. The molecular formula is C10H17NO2. The molecule has 3 heteroatoms. The number of rotatable bonds is 1. The van der Waals surface area contributed by atoms with Crippen LogP contribution in [0.4, 0.5) is 0 Å². The summed E-state index contributed by atoms with van der Waals surface area (Å²) in [7, 11) is 0. The quantitative estimate of drug-likeness (QED) is 0.648. The summed E-state index contributed by atoms with van der Waals surface area (Å²) in [5.41, 5.74) is 0.0163. The van der Waals surface area contributed by atoms with E-state index in [0.29, 0.717) is 5.57 Å². The van der Waals surface area contributed by atoms with Gasteiger partial charge in [0.15, 0.2) is 0 Å². The Balaban J connectivity index is 3.00.